The molecule has 0 radical (unpaired) electrons. The molecule has 2 amide bonds. The van der Waals surface area contributed by atoms with Crippen LogP contribution in [0.25, 0.3) is 0 Å². The number of anilines is 1. The van der Waals surface area contributed by atoms with Gasteiger partial charge in [0.15, 0.2) is 11.5 Å². The van der Waals surface area contributed by atoms with Crippen LogP contribution in [0, 0.1) is 6.92 Å². The Balaban J connectivity index is 1.98. The van der Waals surface area contributed by atoms with E-state index in [1.54, 1.807) is 18.2 Å². The maximum Gasteiger partial charge on any atom is 0.269 e. The summed E-state index contributed by atoms with van der Waals surface area (Å²) >= 11 is 0. The zero-order chi connectivity index (χ0) is 20.5. The first kappa shape index (κ1) is 20.8. The number of hydrogen-bond acceptors (Lipinski definition) is 5. The van der Waals surface area contributed by atoms with Gasteiger partial charge in [-0.2, -0.15) is 0 Å². The molecule has 28 heavy (non-hydrogen) atoms. The number of methoxy groups -OCH3 is 2. The monoisotopic (exact) mass is 383 g/mol. The van der Waals surface area contributed by atoms with E-state index in [0.717, 1.165) is 16.8 Å². The van der Waals surface area contributed by atoms with Crippen LogP contribution in [0.15, 0.2) is 49.1 Å². The third kappa shape index (κ3) is 5.51. The molecule has 2 rings (SSSR count). The standard InChI is InChI=1S/C21H25N3O4/c1-5-6-15-11-16(12-18(27-3)20(15)28-4)21(26)24-23-19(25)13-22-17-9-7-14(2)8-10-17/h5,7-12,22H,1,6,13H2,2-4H3,(H,23,25)(H,24,26). The van der Waals surface area contributed by atoms with Crippen LogP contribution in [0.3, 0.4) is 0 Å². The van der Waals surface area contributed by atoms with Gasteiger partial charge in [0.1, 0.15) is 0 Å². The number of allylic oxidation sites excluding steroid dienone is 1. The Kier molecular flexibility index (Phi) is 7.45. The molecule has 7 heteroatoms. The van der Waals surface area contributed by atoms with Gasteiger partial charge in [-0.05, 0) is 37.6 Å². The molecular formula is C21H25N3O4. The van der Waals surface area contributed by atoms with E-state index in [2.05, 4.69) is 22.7 Å². The van der Waals surface area contributed by atoms with E-state index >= 15 is 0 Å². The summed E-state index contributed by atoms with van der Waals surface area (Å²) in [5.41, 5.74) is 7.83. The van der Waals surface area contributed by atoms with Gasteiger partial charge in [0.2, 0.25) is 0 Å². The fourth-order valence-corrected chi connectivity index (χ4v) is 2.58. The fraction of sp³-hybridized carbons (Fsp3) is 0.238. The van der Waals surface area contributed by atoms with Gasteiger partial charge >= 0.3 is 0 Å². The molecule has 0 aliphatic carbocycles. The van der Waals surface area contributed by atoms with Crippen molar-refractivity contribution in [2.45, 2.75) is 13.3 Å². The van der Waals surface area contributed by atoms with Crippen LogP contribution in [-0.2, 0) is 11.2 Å². The molecule has 0 aromatic heterocycles. The molecule has 0 saturated heterocycles. The van der Waals surface area contributed by atoms with Crippen LogP contribution in [0.2, 0.25) is 0 Å². The number of carbonyl (C=O) groups is 2. The molecule has 0 heterocycles. The summed E-state index contributed by atoms with van der Waals surface area (Å²) in [6.45, 7) is 5.72. The van der Waals surface area contributed by atoms with Crippen molar-refractivity contribution >= 4 is 17.5 Å². The molecule has 148 valence electrons. The quantitative estimate of drug-likeness (QED) is 0.482. The van der Waals surface area contributed by atoms with Crippen LogP contribution in [-0.4, -0.2) is 32.6 Å². The zero-order valence-electron chi connectivity index (χ0n) is 16.3. The first-order valence-electron chi connectivity index (χ1n) is 8.74. The molecule has 0 bridgehead atoms. The largest absolute Gasteiger partial charge is 0.493 e. The topological polar surface area (TPSA) is 88.7 Å². The molecule has 7 nitrogen and oxygen atoms in total. The molecular weight excluding hydrogens is 358 g/mol. The Morgan fingerprint density at radius 1 is 1.07 bits per heavy atom. The number of aryl methyl sites for hydroxylation is 1. The minimum Gasteiger partial charge on any atom is -0.493 e. The second kappa shape index (κ2) is 10.0. The van der Waals surface area contributed by atoms with E-state index in [1.807, 2.05) is 31.2 Å². The van der Waals surface area contributed by atoms with Gasteiger partial charge in [0.05, 0.1) is 20.8 Å². The van der Waals surface area contributed by atoms with Gasteiger partial charge in [0.25, 0.3) is 11.8 Å². The number of ether oxygens (including phenoxy) is 2. The van der Waals surface area contributed by atoms with E-state index in [1.165, 1.54) is 14.2 Å². The van der Waals surface area contributed by atoms with Gasteiger partial charge in [-0.1, -0.05) is 23.8 Å². The number of rotatable bonds is 8. The van der Waals surface area contributed by atoms with Crippen molar-refractivity contribution in [3.05, 3.63) is 65.7 Å². The number of hydrazine groups is 1. The Hall–Kier alpha value is -3.48. The lowest BCUT2D eigenvalue weighted by atomic mass is 10.1. The summed E-state index contributed by atoms with van der Waals surface area (Å²) in [4.78, 5) is 24.4. The second-order valence-corrected chi connectivity index (χ2v) is 6.09. The molecule has 0 aliphatic heterocycles. The molecule has 0 saturated carbocycles. The molecule has 2 aromatic carbocycles. The lowest BCUT2D eigenvalue weighted by Gasteiger charge is -2.15. The van der Waals surface area contributed by atoms with E-state index in [9.17, 15) is 9.59 Å². The summed E-state index contributed by atoms with van der Waals surface area (Å²) < 4.78 is 10.7. The molecule has 0 aliphatic rings. The predicted octanol–water partition coefficient (Wildman–Crippen LogP) is 2.61. The average molecular weight is 383 g/mol. The third-order valence-electron chi connectivity index (χ3n) is 4.00. The maximum atomic E-state index is 12.4. The predicted molar refractivity (Wildman–Crippen MR) is 109 cm³/mol. The van der Waals surface area contributed by atoms with Gasteiger partial charge in [-0.15, -0.1) is 6.58 Å². The number of carbonyl (C=O) groups excluding carboxylic acids is 2. The van der Waals surface area contributed by atoms with Crippen LogP contribution >= 0.6 is 0 Å². The second-order valence-electron chi connectivity index (χ2n) is 6.09. The molecule has 2 aromatic rings. The third-order valence-corrected chi connectivity index (χ3v) is 4.00. The Bertz CT molecular complexity index is 847. The summed E-state index contributed by atoms with van der Waals surface area (Å²) in [5, 5.41) is 2.98. The number of nitrogens with one attached hydrogen (secondary N) is 3. The summed E-state index contributed by atoms with van der Waals surface area (Å²) in [6, 6.07) is 10.9. The van der Waals surface area contributed by atoms with Gasteiger partial charge in [-0.25, -0.2) is 0 Å². The van der Waals surface area contributed by atoms with Crippen molar-refractivity contribution in [1.29, 1.82) is 0 Å². The van der Waals surface area contributed by atoms with Crippen LogP contribution in [0.4, 0.5) is 5.69 Å². The highest BCUT2D eigenvalue weighted by molar-refractivity contribution is 5.96. The first-order valence-corrected chi connectivity index (χ1v) is 8.74. The van der Waals surface area contributed by atoms with E-state index in [4.69, 9.17) is 9.47 Å². The normalized spacial score (nSPS) is 9.96. The Morgan fingerprint density at radius 2 is 1.79 bits per heavy atom. The van der Waals surface area contributed by atoms with Crippen LogP contribution in [0.1, 0.15) is 21.5 Å². The van der Waals surface area contributed by atoms with Gasteiger partial charge < -0.3 is 14.8 Å². The van der Waals surface area contributed by atoms with Crippen molar-refractivity contribution in [3.8, 4) is 11.5 Å². The molecule has 0 spiro atoms. The maximum absolute atomic E-state index is 12.4. The van der Waals surface area contributed by atoms with Crippen molar-refractivity contribution in [2.75, 3.05) is 26.1 Å². The zero-order valence-corrected chi connectivity index (χ0v) is 16.3. The smallest absolute Gasteiger partial charge is 0.269 e. The summed E-state index contributed by atoms with van der Waals surface area (Å²) in [6.07, 6.45) is 2.21. The molecule has 0 atom stereocenters. The SMILES string of the molecule is C=CCc1cc(C(=O)NNC(=O)CNc2ccc(C)cc2)cc(OC)c1OC. The van der Waals surface area contributed by atoms with Crippen LogP contribution < -0.4 is 25.6 Å². The molecule has 0 unspecified atom stereocenters. The summed E-state index contributed by atoms with van der Waals surface area (Å²) in [7, 11) is 3.03. The van der Waals surface area contributed by atoms with Crippen LogP contribution in [0.5, 0.6) is 11.5 Å². The van der Waals surface area contributed by atoms with Gasteiger partial charge in [0, 0.05) is 16.8 Å². The van der Waals surface area contributed by atoms with Crippen molar-refractivity contribution < 1.29 is 19.1 Å². The summed E-state index contributed by atoms with van der Waals surface area (Å²) in [5.74, 6) is 0.139. The van der Waals surface area contributed by atoms with E-state index < -0.39 is 5.91 Å². The van der Waals surface area contributed by atoms with Crippen molar-refractivity contribution in [1.82, 2.24) is 10.9 Å². The lowest BCUT2D eigenvalue weighted by molar-refractivity contribution is -0.120. The number of benzene rings is 2. The minimum absolute atomic E-state index is 0.0248. The average Bonchev–Trinajstić information content (AvgIpc) is 2.71. The number of amides is 2. The lowest BCUT2D eigenvalue weighted by Crippen LogP contribution is -2.44. The van der Waals surface area contributed by atoms with Crippen molar-refractivity contribution in [2.24, 2.45) is 0 Å². The Labute approximate surface area is 164 Å². The minimum atomic E-state index is -0.463. The Morgan fingerprint density at radius 3 is 2.39 bits per heavy atom. The molecule has 0 fully saturated rings. The number of hydrogen-bond donors (Lipinski definition) is 3. The van der Waals surface area contributed by atoms with E-state index in [-0.39, 0.29) is 12.5 Å². The fourth-order valence-electron chi connectivity index (χ4n) is 2.58. The first-order chi connectivity index (χ1) is 13.5. The molecule has 3 N–H and O–H groups in total. The van der Waals surface area contributed by atoms with Gasteiger partial charge in [-0.3, -0.25) is 20.4 Å². The highest BCUT2D eigenvalue weighted by Crippen LogP contribution is 2.33. The van der Waals surface area contributed by atoms with Crippen molar-refractivity contribution in [3.63, 3.8) is 0 Å². The van der Waals surface area contributed by atoms with E-state index in [0.29, 0.717) is 23.5 Å². The highest BCUT2D eigenvalue weighted by atomic mass is 16.5. The highest BCUT2D eigenvalue weighted by Gasteiger charge is 2.16.